The van der Waals surface area contributed by atoms with Crippen molar-refractivity contribution >= 4 is 35.8 Å². The lowest BCUT2D eigenvalue weighted by Crippen LogP contribution is -2.42. The number of nitrogens with one attached hydrogen (secondary N) is 3. The van der Waals surface area contributed by atoms with Crippen LogP contribution in [0.15, 0.2) is 23.2 Å². The number of ether oxygens (including phenoxy) is 2. The van der Waals surface area contributed by atoms with Gasteiger partial charge < -0.3 is 25.4 Å². The Balaban J connectivity index is 0.00000512. The molecular weight excluding hydrogens is 519 g/mol. The molecule has 8 heteroatoms. The number of carbonyl (C=O) groups is 1. The highest BCUT2D eigenvalue weighted by Crippen LogP contribution is 2.28. The highest BCUT2D eigenvalue weighted by Gasteiger charge is 2.15. The summed E-state index contributed by atoms with van der Waals surface area (Å²) in [6.45, 7) is 5.26. The van der Waals surface area contributed by atoms with Gasteiger partial charge in [0.15, 0.2) is 24.1 Å². The highest BCUT2D eigenvalue weighted by molar-refractivity contribution is 14.0. The van der Waals surface area contributed by atoms with Gasteiger partial charge in [-0.15, -0.1) is 24.0 Å². The predicted molar refractivity (Wildman–Crippen MR) is 141 cm³/mol. The molecule has 0 heterocycles. The summed E-state index contributed by atoms with van der Waals surface area (Å²) in [6, 6.07) is 6.09. The van der Waals surface area contributed by atoms with E-state index in [1.54, 1.807) is 14.2 Å². The zero-order valence-corrected chi connectivity index (χ0v) is 22.4. The number of hydrogen-bond acceptors (Lipinski definition) is 4. The largest absolute Gasteiger partial charge is 0.493 e. The smallest absolute Gasteiger partial charge is 0.257 e. The Morgan fingerprint density at radius 3 is 2.59 bits per heavy atom. The number of hydrogen-bond donors (Lipinski definition) is 3. The fourth-order valence-electron chi connectivity index (χ4n) is 3.98. The van der Waals surface area contributed by atoms with E-state index in [4.69, 9.17) is 9.47 Å². The second kappa shape index (κ2) is 16.0. The molecule has 1 aliphatic rings. The lowest BCUT2D eigenvalue weighted by Gasteiger charge is -2.24. The number of guanidine groups is 1. The molecule has 1 atom stereocenters. The third kappa shape index (κ3) is 10.3. The van der Waals surface area contributed by atoms with Crippen LogP contribution in [-0.2, 0) is 11.3 Å². The Labute approximate surface area is 210 Å². The molecule has 1 saturated carbocycles. The summed E-state index contributed by atoms with van der Waals surface area (Å²) < 4.78 is 11.0. The van der Waals surface area contributed by atoms with Crippen LogP contribution in [0, 0.1) is 5.92 Å². The van der Waals surface area contributed by atoms with Crippen LogP contribution >= 0.6 is 24.0 Å². The number of nitrogens with zero attached hydrogens (tertiary/aromatic N) is 1. The van der Waals surface area contributed by atoms with Crippen LogP contribution in [0.4, 0.5) is 0 Å². The Kier molecular flexibility index (Phi) is 14.2. The molecule has 7 nitrogen and oxygen atoms in total. The van der Waals surface area contributed by atoms with Gasteiger partial charge in [0, 0.05) is 26.2 Å². The summed E-state index contributed by atoms with van der Waals surface area (Å²) in [5.41, 5.74) is 1.04. The van der Waals surface area contributed by atoms with E-state index in [1.807, 2.05) is 25.1 Å². The molecule has 1 amide bonds. The van der Waals surface area contributed by atoms with E-state index in [1.165, 1.54) is 38.5 Å². The number of benzene rings is 1. The van der Waals surface area contributed by atoms with Crippen molar-refractivity contribution in [2.24, 2.45) is 10.9 Å². The van der Waals surface area contributed by atoms with Crippen molar-refractivity contribution in [2.75, 3.05) is 27.3 Å². The molecule has 3 N–H and O–H groups in total. The minimum absolute atomic E-state index is 0. The zero-order valence-electron chi connectivity index (χ0n) is 20.0. The van der Waals surface area contributed by atoms with Gasteiger partial charge in [-0.2, -0.15) is 0 Å². The second-order valence-electron chi connectivity index (χ2n) is 8.28. The molecule has 0 aromatic heterocycles. The maximum atomic E-state index is 11.6. The highest BCUT2D eigenvalue weighted by atomic mass is 127. The second-order valence-corrected chi connectivity index (χ2v) is 8.28. The van der Waals surface area contributed by atoms with E-state index in [0.29, 0.717) is 30.6 Å². The lowest BCUT2D eigenvalue weighted by atomic mass is 9.85. The summed E-state index contributed by atoms with van der Waals surface area (Å²) in [7, 11) is 3.39. The van der Waals surface area contributed by atoms with Crippen molar-refractivity contribution in [3.63, 3.8) is 0 Å². The van der Waals surface area contributed by atoms with Gasteiger partial charge in [0.25, 0.3) is 5.91 Å². The first-order valence-corrected chi connectivity index (χ1v) is 11.6. The van der Waals surface area contributed by atoms with E-state index in [9.17, 15) is 4.79 Å². The van der Waals surface area contributed by atoms with Crippen LogP contribution in [0.25, 0.3) is 0 Å². The van der Waals surface area contributed by atoms with Gasteiger partial charge in [-0.25, -0.2) is 0 Å². The van der Waals surface area contributed by atoms with Gasteiger partial charge in [-0.05, 0) is 50.3 Å². The lowest BCUT2D eigenvalue weighted by molar-refractivity contribution is -0.123. The Bertz CT molecular complexity index is 708. The molecule has 1 unspecified atom stereocenters. The van der Waals surface area contributed by atoms with Crippen LogP contribution in [0.2, 0.25) is 0 Å². The minimum Gasteiger partial charge on any atom is -0.493 e. The fourth-order valence-corrected chi connectivity index (χ4v) is 3.98. The van der Waals surface area contributed by atoms with Gasteiger partial charge in [-0.3, -0.25) is 9.79 Å². The summed E-state index contributed by atoms with van der Waals surface area (Å²) in [4.78, 5) is 16.0. The van der Waals surface area contributed by atoms with Crippen molar-refractivity contribution < 1.29 is 14.3 Å². The van der Waals surface area contributed by atoms with Gasteiger partial charge in [0.1, 0.15) is 0 Å². The third-order valence-corrected chi connectivity index (χ3v) is 5.76. The topological polar surface area (TPSA) is 84.0 Å². The molecule has 0 bridgehead atoms. The van der Waals surface area contributed by atoms with Crippen LogP contribution < -0.4 is 25.4 Å². The average Bonchev–Trinajstić information content (AvgIpc) is 2.80. The SMILES string of the molecule is CCNC(=O)COc1ccc(CNC(=NC)NC(C)CCC2CCCCC2)cc1OC.I. The van der Waals surface area contributed by atoms with Crippen LogP contribution in [-0.4, -0.2) is 45.2 Å². The first-order valence-electron chi connectivity index (χ1n) is 11.6. The van der Waals surface area contributed by atoms with Crippen molar-refractivity contribution in [2.45, 2.75) is 71.4 Å². The number of methoxy groups -OCH3 is 1. The van der Waals surface area contributed by atoms with Gasteiger partial charge in [0.2, 0.25) is 0 Å². The molecular formula is C24H41IN4O3. The molecule has 0 aliphatic heterocycles. The molecule has 0 spiro atoms. The number of amides is 1. The quantitative estimate of drug-likeness (QED) is 0.214. The predicted octanol–water partition coefficient (Wildman–Crippen LogP) is 4.24. The van der Waals surface area contributed by atoms with E-state index >= 15 is 0 Å². The first-order chi connectivity index (χ1) is 15.0. The molecule has 0 saturated heterocycles. The summed E-state index contributed by atoms with van der Waals surface area (Å²) in [6.07, 6.45) is 9.45. The van der Waals surface area contributed by atoms with E-state index < -0.39 is 0 Å². The van der Waals surface area contributed by atoms with E-state index in [2.05, 4.69) is 27.9 Å². The molecule has 0 radical (unpaired) electrons. The average molecular weight is 561 g/mol. The maximum absolute atomic E-state index is 11.6. The molecule has 1 fully saturated rings. The monoisotopic (exact) mass is 560 g/mol. The summed E-state index contributed by atoms with van der Waals surface area (Å²) >= 11 is 0. The molecule has 2 rings (SSSR count). The van der Waals surface area contributed by atoms with E-state index in [-0.39, 0.29) is 36.5 Å². The standard InChI is InChI=1S/C24H40N4O3.HI/c1-5-26-23(29)17-31-21-14-13-20(15-22(21)30-4)16-27-24(25-3)28-18(2)11-12-19-9-7-6-8-10-19;/h13-15,18-19H,5-12,16-17H2,1-4H3,(H,26,29)(H2,25,27,28);1H. The van der Waals surface area contributed by atoms with Gasteiger partial charge in [-0.1, -0.05) is 38.2 Å². The van der Waals surface area contributed by atoms with Crippen molar-refractivity contribution in [3.05, 3.63) is 23.8 Å². The number of rotatable bonds is 11. The Morgan fingerprint density at radius 1 is 1.19 bits per heavy atom. The molecule has 1 aliphatic carbocycles. The fraction of sp³-hybridized carbons (Fsp3) is 0.667. The third-order valence-electron chi connectivity index (χ3n) is 5.76. The van der Waals surface area contributed by atoms with Crippen molar-refractivity contribution in [3.8, 4) is 11.5 Å². The zero-order chi connectivity index (χ0) is 22.5. The summed E-state index contributed by atoms with van der Waals surface area (Å²) in [5, 5.41) is 9.58. The van der Waals surface area contributed by atoms with Crippen LogP contribution in [0.5, 0.6) is 11.5 Å². The number of aliphatic imine (C=N–C) groups is 1. The first kappa shape index (κ1) is 28.3. The van der Waals surface area contributed by atoms with Crippen molar-refractivity contribution in [1.82, 2.24) is 16.0 Å². The van der Waals surface area contributed by atoms with Gasteiger partial charge in [0.05, 0.1) is 7.11 Å². The number of halogens is 1. The maximum Gasteiger partial charge on any atom is 0.257 e. The number of likely N-dealkylation sites (N-methyl/N-ethyl adjacent to an activating group) is 1. The van der Waals surface area contributed by atoms with Gasteiger partial charge >= 0.3 is 0 Å². The molecule has 1 aromatic carbocycles. The van der Waals surface area contributed by atoms with Crippen molar-refractivity contribution in [1.29, 1.82) is 0 Å². The molecule has 1 aromatic rings. The van der Waals surface area contributed by atoms with Crippen LogP contribution in [0.1, 0.15) is 64.4 Å². The van der Waals surface area contributed by atoms with Crippen LogP contribution in [0.3, 0.4) is 0 Å². The Hall–Kier alpha value is -1.71. The Morgan fingerprint density at radius 2 is 1.94 bits per heavy atom. The normalized spacial score (nSPS) is 15.3. The van der Waals surface area contributed by atoms with E-state index in [0.717, 1.165) is 23.9 Å². The minimum atomic E-state index is -0.150. The molecule has 32 heavy (non-hydrogen) atoms. The summed E-state index contributed by atoms with van der Waals surface area (Å²) in [5.74, 6) is 2.70. The molecule has 182 valence electrons. The number of carbonyl (C=O) groups excluding carboxylic acids is 1.